The molecule has 0 amide bonds. The Morgan fingerprint density at radius 1 is 1.20 bits per heavy atom. The molecule has 0 saturated heterocycles. The molecule has 5 heteroatoms. The van der Waals surface area contributed by atoms with Gasteiger partial charge < -0.3 is 4.74 Å². The Morgan fingerprint density at radius 2 is 1.95 bits per heavy atom. The maximum absolute atomic E-state index is 13.9. The monoisotopic (exact) mass is 376 g/mol. The second-order valence-corrected chi connectivity index (χ2v) is 5.93. The van der Waals surface area contributed by atoms with Crippen LogP contribution < -0.4 is 4.74 Å². The molecule has 1 nitrogen and oxygen atoms in total. The summed E-state index contributed by atoms with van der Waals surface area (Å²) in [6.07, 6.45) is 0. The third-order valence-electron chi connectivity index (χ3n) is 2.78. The molecule has 0 aliphatic carbocycles. The zero-order valence-corrected chi connectivity index (χ0v) is 13.8. The molecule has 0 aliphatic rings. The van der Waals surface area contributed by atoms with Crippen LogP contribution in [-0.2, 0) is 0 Å². The van der Waals surface area contributed by atoms with E-state index in [9.17, 15) is 4.39 Å². The van der Waals surface area contributed by atoms with Crippen LogP contribution >= 0.6 is 39.1 Å². The van der Waals surface area contributed by atoms with Crippen LogP contribution in [0.4, 0.5) is 4.39 Å². The maximum Gasteiger partial charge on any atom is 0.128 e. The van der Waals surface area contributed by atoms with Gasteiger partial charge in [-0.3, -0.25) is 0 Å². The van der Waals surface area contributed by atoms with Gasteiger partial charge in [0.2, 0.25) is 0 Å². The van der Waals surface area contributed by atoms with Gasteiger partial charge in [-0.15, -0.1) is 11.6 Å². The number of hydrogen-bond donors (Lipinski definition) is 0. The summed E-state index contributed by atoms with van der Waals surface area (Å²) in [6.45, 7) is 2.39. The van der Waals surface area contributed by atoms with Crippen molar-refractivity contribution in [3.8, 4) is 5.75 Å². The van der Waals surface area contributed by atoms with E-state index in [1.54, 1.807) is 6.07 Å². The predicted molar refractivity (Wildman–Crippen MR) is 84.4 cm³/mol. The second-order valence-electron chi connectivity index (χ2n) is 4.14. The SMILES string of the molecule is CCOc1ccc(Br)cc1C(Cl)c1cc(Cl)ccc1F. The van der Waals surface area contributed by atoms with E-state index in [4.69, 9.17) is 27.9 Å². The van der Waals surface area contributed by atoms with Gasteiger partial charge in [-0.2, -0.15) is 0 Å². The molecule has 0 N–H and O–H groups in total. The van der Waals surface area contributed by atoms with Crippen molar-refractivity contribution in [1.82, 2.24) is 0 Å². The van der Waals surface area contributed by atoms with Gasteiger partial charge in [0.25, 0.3) is 0 Å². The van der Waals surface area contributed by atoms with Crippen molar-refractivity contribution in [2.24, 2.45) is 0 Å². The molecule has 106 valence electrons. The number of alkyl halides is 1. The molecule has 0 aliphatic heterocycles. The van der Waals surface area contributed by atoms with E-state index < -0.39 is 11.2 Å². The van der Waals surface area contributed by atoms with Gasteiger partial charge in [0.1, 0.15) is 11.6 Å². The average molecular weight is 378 g/mol. The molecular formula is C15H12BrCl2FO. The lowest BCUT2D eigenvalue weighted by Crippen LogP contribution is -2.02. The topological polar surface area (TPSA) is 9.23 Å². The fourth-order valence-corrected chi connectivity index (χ4v) is 2.78. The Kier molecular flexibility index (Phi) is 5.30. The third kappa shape index (κ3) is 3.46. The molecule has 1 unspecified atom stereocenters. The van der Waals surface area contributed by atoms with Crippen molar-refractivity contribution in [2.75, 3.05) is 6.61 Å². The molecule has 1 atom stereocenters. The highest BCUT2D eigenvalue weighted by atomic mass is 79.9. The van der Waals surface area contributed by atoms with Crippen LogP contribution in [-0.4, -0.2) is 6.61 Å². The fraction of sp³-hybridized carbons (Fsp3) is 0.200. The molecule has 0 radical (unpaired) electrons. The molecule has 0 bridgehead atoms. The number of rotatable bonds is 4. The lowest BCUT2D eigenvalue weighted by molar-refractivity contribution is 0.336. The van der Waals surface area contributed by atoms with Crippen molar-refractivity contribution >= 4 is 39.1 Å². The minimum Gasteiger partial charge on any atom is -0.494 e. The fourth-order valence-electron chi connectivity index (χ4n) is 1.88. The quantitative estimate of drug-likeness (QED) is 0.596. The third-order valence-corrected chi connectivity index (χ3v) is 3.97. The van der Waals surface area contributed by atoms with Gasteiger partial charge in [0, 0.05) is 20.6 Å². The van der Waals surface area contributed by atoms with Gasteiger partial charge in [0.15, 0.2) is 0 Å². The standard InChI is InChI=1S/C15H12BrCl2FO/c1-2-20-14-6-3-9(16)7-12(14)15(18)11-8-10(17)4-5-13(11)19/h3-8,15H,2H2,1H3. The van der Waals surface area contributed by atoms with Crippen molar-refractivity contribution in [3.63, 3.8) is 0 Å². The van der Waals surface area contributed by atoms with Crippen LogP contribution in [0.15, 0.2) is 40.9 Å². The first kappa shape index (κ1) is 15.6. The molecular weight excluding hydrogens is 366 g/mol. The molecule has 2 aromatic rings. The summed E-state index contributed by atoms with van der Waals surface area (Å²) in [4.78, 5) is 0. The van der Waals surface area contributed by atoms with Crippen molar-refractivity contribution in [2.45, 2.75) is 12.3 Å². The molecule has 20 heavy (non-hydrogen) atoms. The highest BCUT2D eigenvalue weighted by molar-refractivity contribution is 9.10. The first-order valence-electron chi connectivity index (χ1n) is 6.04. The van der Waals surface area contributed by atoms with Crippen LogP contribution in [0.1, 0.15) is 23.4 Å². The smallest absolute Gasteiger partial charge is 0.128 e. The number of ether oxygens (including phenoxy) is 1. The molecule has 2 rings (SSSR count). The van der Waals surface area contributed by atoms with E-state index in [-0.39, 0.29) is 0 Å². The summed E-state index contributed by atoms with van der Waals surface area (Å²) in [7, 11) is 0. The van der Waals surface area contributed by atoms with E-state index in [1.807, 2.05) is 19.1 Å². The van der Waals surface area contributed by atoms with Gasteiger partial charge in [-0.1, -0.05) is 27.5 Å². The van der Waals surface area contributed by atoms with Gasteiger partial charge in [0.05, 0.1) is 12.0 Å². The Morgan fingerprint density at radius 3 is 2.65 bits per heavy atom. The van der Waals surface area contributed by atoms with E-state index in [1.165, 1.54) is 18.2 Å². The number of benzene rings is 2. The predicted octanol–water partition coefficient (Wildman–Crippen LogP) is 5.97. The Balaban J connectivity index is 2.49. The van der Waals surface area contributed by atoms with Gasteiger partial charge >= 0.3 is 0 Å². The summed E-state index contributed by atoms with van der Waals surface area (Å²) in [5.74, 6) is 0.242. The molecule has 0 saturated carbocycles. The van der Waals surface area contributed by atoms with Crippen LogP contribution in [0.25, 0.3) is 0 Å². The molecule has 0 spiro atoms. The lowest BCUT2D eigenvalue weighted by Gasteiger charge is -2.16. The molecule has 2 aromatic carbocycles. The second kappa shape index (κ2) is 6.79. The molecule has 0 heterocycles. The first-order valence-corrected chi connectivity index (χ1v) is 7.65. The van der Waals surface area contributed by atoms with E-state index in [0.29, 0.717) is 28.5 Å². The largest absolute Gasteiger partial charge is 0.494 e. The lowest BCUT2D eigenvalue weighted by atomic mass is 10.0. The normalized spacial score (nSPS) is 12.2. The van der Waals surface area contributed by atoms with Crippen molar-refractivity contribution in [1.29, 1.82) is 0 Å². The minimum absolute atomic E-state index is 0.332. The zero-order chi connectivity index (χ0) is 14.7. The van der Waals surface area contributed by atoms with Crippen LogP contribution in [0.3, 0.4) is 0 Å². The zero-order valence-electron chi connectivity index (χ0n) is 10.7. The summed E-state index contributed by atoms with van der Waals surface area (Å²) < 4.78 is 20.3. The van der Waals surface area contributed by atoms with E-state index in [2.05, 4.69) is 15.9 Å². The summed E-state index contributed by atoms with van der Waals surface area (Å²) >= 11 is 15.7. The number of hydrogen-bond acceptors (Lipinski definition) is 1. The highest BCUT2D eigenvalue weighted by Crippen LogP contribution is 2.38. The number of halogens is 4. The van der Waals surface area contributed by atoms with Crippen molar-refractivity contribution in [3.05, 3.63) is 62.8 Å². The summed E-state index contributed by atoms with van der Waals surface area (Å²) in [5.41, 5.74) is 1.03. The highest BCUT2D eigenvalue weighted by Gasteiger charge is 2.20. The van der Waals surface area contributed by atoms with E-state index in [0.717, 1.165) is 4.47 Å². The Labute approximate surface area is 135 Å². The minimum atomic E-state index is -0.673. The van der Waals surface area contributed by atoms with Gasteiger partial charge in [-0.05, 0) is 43.3 Å². The van der Waals surface area contributed by atoms with E-state index >= 15 is 0 Å². The summed E-state index contributed by atoms with van der Waals surface area (Å²) in [5, 5.41) is -0.229. The molecule has 0 fully saturated rings. The Hall–Kier alpha value is -0.770. The molecule has 0 aromatic heterocycles. The first-order chi connectivity index (χ1) is 9.52. The van der Waals surface area contributed by atoms with Crippen LogP contribution in [0.2, 0.25) is 5.02 Å². The maximum atomic E-state index is 13.9. The van der Waals surface area contributed by atoms with Crippen LogP contribution in [0.5, 0.6) is 5.75 Å². The van der Waals surface area contributed by atoms with Gasteiger partial charge in [-0.25, -0.2) is 4.39 Å². The van der Waals surface area contributed by atoms with Crippen molar-refractivity contribution < 1.29 is 9.13 Å². The summed E-state index contributed by atoms with van der Waals surface area (Å²) in [6, 6.07) is 9.82. The Bertz CT molecular complexity index is 619. The average Bonchev–Trinajstić information content (AvgIpc) is 2.43. The van der Waals surface area contributed by atoms with Crippen LogP contribution in [0, 0.1) is 5.82 Å².